The van der Waals surface area contributed by atoms with E-state index in [-0.39, 0.29) is 23.7 Å². The zero-order valence-electron chi connectivity index (χ0n) is 10.2. The van der Waals surface area contributed by atoms with Gasteiger partial charge in [0.1, 0.15) is 0 Å². The summed E-state index contributed by atoms with van der Waals surface area (Å²) >= 11 is 0. The maximum atomic E-state index is 11.3. The summed E-state index contributed by atoms with van der Waals surface area (Å²) in [5, 5.41) is 14.5. The molecule has 1 aromatic carbocycles. The molecular formula is C12H17N3O3. The van der Waals surface area contributed by atoms with Crippen molar-refractivity contribution < 1.29 is 14.7 Å². The number of benzene rings is 1. The Balaban J connectivity index is 2.60. The van der Waals surface area contributed by atoms with Gasteiger partial charge in [0.05, 0.1) is 12.1 Å². The predicted molar refractivity (Wildman–Crippen MR) is 69.6 cm³/mol. The Labute approximate surface area is 105 Å². The molecule has 5 N–H and O–H groups in total. The number of hydrogen-bond acceptors (Lipinski definition) is 4. The highest BCUT2D eigenvalue weighted by atomic mass is 16.4. The summed E-state index contributed by atoms with van der Waals surface area (Å²) < 4.78 is 0. The van der Waals surface area contributed by atoms with Crippen LogP contribution < -0.4 is 16.4 Å². The van der Waals surface area contributed by atoms with Gasteiger partial charge in [-0.25, -0.2) is 4.79 Å². The van der Waals surface area contributed by atoms with Crippen LogP contribution in [0.2, 0.25) is 0 Å². The van der Waals surface area contributed by atoms with Crippen LogP contribution in [0, 0.1) is 0 Å². The van der Waals surface area contributed by atoms with Crippen molar-refractivity contribution in [2.45, 2.75) is 13.3 Å². The number of aromatic carboxylic acids is 1. The highest BCUT2D eigenvalue weighted by molar-refractivity contribution is 5.95. The zero-order chi connectivity index (χ0) is 13.5. The number of rotatable bonds is 6. The lowest BCUT2D eigenvalue weighted by molar-refractivity contribution is -0.119. The van der Waals surface area contributed by atoms with Gasteiger partial charge >= 0.3 is 5.97 Å². The van der Waals surface area contributed by atoms with Crippen LogP contribution >= 0.6 is 0 Å². The molecule has 0 bridgehead atoms. The number of anilines is 2. The maximum Gasteiger partial charge on any atom is 0.337 e. The number of carboxylic acid groups (broad SMARTS) is 1. The lowest BCUT2D eigenvalue weighted by Gasteiger charge is -2.08. The van der Waals surface area contributed by atoms with Crippen LogP contribution in [-0.4, -0.2) is 30.1 Å². The van der Waals surface area contributed by atoms with Gasteiger partial charge in [-0.05, 0) is 24.6 Å². The lowest BCUT2D eigenvalue weighted by Crippen LogP contribution is -2.30. The number of amides is 1. The molecular weight excluding hydrogens is 234 g/mol. The van der Waals surface area contributed by atoms with E-state index in [1.165, 1.54) is 12.1 Å². The van der Waals surface area contributed by atoms with E-state index in [1.54, 1.807) is 6.07 Å². The first-order valence-electron chi connectivity index (χ1n) is 5.68. The summed E-state index contributed by atoms with van der Waals surface area (Å²) in [7, 11) is 0. The molecule has 0 spiro atoms. The topological polar surface area (TPSA) is 104 Å². The third kappa shape index (κ3) is 3.97. The van der Waals surface area contributed by atoms with E-state index in [2.05, 4.69) is 10.6 Å². The molecule has 0 aliphatic rings. The van der Waals surface area contributed by atoms with Crippen LogP contribution in [0.25, 0.3) is 0 Å². The average molecular weight is 251 g/mol. The van der Waals surface area contributed by atoms with E-state index >= 15 is 0 Å². The number of hydrogen-bond donors (Lipinski definition) is 4. The Hall–Kier alpha value is -2.24. The van der Waals surface area contributed by atoms with Crippen LogP contribution in [0.5, 0.6) is 0 Å². The van der Waals surface area contributed by atoms with Crippen molar-refractivity contribution in [1.82, 2.24) is 5.32 Å². The quantitative estimate of drug-likeness (QED) is 0.562. The van der Waals surface area contributed by atoms with Crippen LogP contribution in [0.3, 0.4) is 0 Å². The first-order chi connectivity index (χ1) is 8.54. The van der Waals surface area contributed by atoms with Crippen LogP contribution in [0.1, 0.15) is 23.7 Å². The molecule has 1 aromatic rings. The summed E-state index contributed by atoms with van der Waals surface area (Å²) in [5.41, 5.74) is 6.29. The summed E-state index contributed by atoms with van der Waals surface area (Å²) in [5.74, 6) is -1.22. The van der Waals surface area contributed by atoms with Crippen molar-refractivity contribution in [3.63, 3.8) is 0 Å². The van der Waals surface area contributed by atoms with Crippen molar-refractivity contribution in [3.05, 3.63) is 23.8 Å². The normalized spacial score (nSPS) is 9.83. The van der Waals surface area contributed by atoms with Crippen molar-refractivity contribution in [2.24, 2.45) is 0 Å². The number of nitrogen functional groups attached to an aromatic ring is 1. The van der Waals surface area contributed by atoms with Crippen molar-refractivity contribution in [2.75, 3.05) is 24.1 Å². The van der Waals surface area contributed by atoms with Gasteiger partial charge in [0.15, 0.2) is 0 Å². The zero-order valence-corrected chi connectivity index (χ0v) is 10.2. The second-order valence-electron chi connectivity index (χ2n) is 3.81. The second kappa shape index (κ2) is 6.48. The van der Waals surface area contributed by atoms with Gasteiger partial charge in [0.25, 0.3) is 0 Å². The standard InChI is InChI=1S/C12H17N3O3/c1-2-5-14-11(16)7-15-8-3-4-10(13)9(6-8)12(17)18/h3-4,6,15H,2,5,7,13H2,1H3,(H,14,16)(H,17,18). The largest absolute Gasteiger partial charge is 0.478 e. The van der Waals surface area contributed by atoms with Gasteiger partial charge < -0.3 is 21.5 Å². The first kappa shape index (κ1) is 13.8. The molecule has 0 saturated heterocycles. The Kier molecular flexibility index (Phi) is 4.98. The molecule has 0 unspecified atom stereocenters. The van der Waals surface area contributed by atoms with E-state index in [0.717, 1.165) is 6.42 Å². The lowest BCUT2D eigenvalue weighted by atomic mass is 10.1. The number of carbonyl (C=O) groups excluding carboxylic acids is 1. The second-order valence-corrected chi connectivity index (χ2v) is 3.81. The molecule has 18 heavy (non-hydrogen) atoms. The fourth-order valence-electron chi connectivity index (χ4n) is 1.36. The van der Waals surface area contributed by atoms with Gasteiger partial charge in [0.2, 0.25) is 5.91 Å². The molecule has 0 aliphatic heterocycles. The van der Waals surface area contributed by atoms with E-state index < -0.39 is 5.97 Å². The van der Waals surface area contributed by atoms with Gasteiger partial charge in [-0.2, -0.15) is 0 Å². The molecule has 6 nitrogen and oxygen atoms in total. The maximum absolute atomic E-state index is 11.3. The Morgan fingerprint density at radius 2 is 2.11 bits per heavy atom. The Morgan fingerprint density at radius 3 is 2.72 bits per heavy atom. The van der Waals surface area contributed by atoms with Gasteiger partial charge in [-0.3, -0.25) is 4.79 Å². The number of nitrogens with two attached hydrogens (primary N) is 1. The summed E-state index contributed by atoms with van der Waals surface area (Å²) in [4.78, 5) is 22.2. The highest BCUT2D eigenvalue weighted by Crippen LogP contribution is 2.17. The van der Waals surface area contributed by atoms with Crippen molar-refractivity contribution >= 4 is 23.3 Å². The highest BCUT2D eigenvalue weighted by Gasteiger charge is 2.09. The van der Waals surface area contributed by atoms with E-state index in [1.807, 2.05) is 6.92 Å². The molecule has 0 atom stereocenters. The Morgan fingerprint density at radius 1 is 1.39 bits per heavy atom. The van der Waals surface area contributed by atoms with E-state index in [4.69, 9.17) is 10.8 Å². The number of carbonyl (C=O) groups is 2. The molecule has 0 radical (unpaired) electrons. The summed E-state index contributed by atoms with van der Waals surface area (Å²) in [6.07, 6.45) is 0.872. The minimum atomic E-state index is -1.09. The molecule has 0 saturated carbocycles. The third-order valence-electron chi connectivity index (χ3n) is 2.31. The van der Waals surface area contributed by atoms with Crippen molar-refractivity contribution in [3.8, 4) is 0 Å². The molecule has 1 rings (SSSR count). The Bertz CT molecular complexity index is 446. The smallest absolute Gasteiger partial charge is 0.337 e. The van der Waals surface area contributed by atoms with Gasteiger partial charge in [-0.15, -0.1) is 0 Å². The monoisotopic (exact) mass is 251 g/mol. The van der Waals surface area contributed by atoms with Crippen LogP contribution in [0.15, 0.2) is 18.2 Å². The first-order valence-corrected chi connectivity index (χ1v) is 5.68. The van der Waals surface area contributed by atoms with E-state index in [9.17, 15) is 9.59 Å². The molecule has 6 heteroatoms. The molecule has 0 heterocycles. The van der Waals surface area contributed by atoms with Gasteiger partial charge in [0, 0.05) is 17.9 Å². The van der Waals surface area contributed by atoms with Crippen molar-refractivity contribution in [1.29, 1.82) is 0 Å². The molecule has 0 fully saturated rings. The molecule has 98 valence electrons. The SMILES string of the molecule is CCCNC(=O)CNc1ccc(N)c(C(=O)O)c1. The minimum absolute atomic E-state index is 0.0222. The summed E-state index contributed by atoms with van der Waals surface area (Å²) in [6.45, 7) is 2.69. The number of carboxylic acids is 1. The van der Waals surface area contributed by atoms with Crippen LogP contribution in [0.4, 0.5) is 11.4 Å². The average Bonchev–Trinajstić information content (AvgIpc) is 2.35. The number of nitrogens with one attached hydrogen (secondary N) is 2. The fourth-order valence-corrected chi connectivity index (χ4v) is 1.36. The molecule has 0 aromatic heterocycles. The minimum Gasteiger partial charge on any atom is -0.478 e. The predicted octanol–water partition coefficient (Wildman–Crippen LogP) is 0.905. The summed E-state index contributed by atoms with van der Waals surface area (Å²) in [6, 6.07) is 4.54. The van der Waals surface area contributed by atoms with Gasteiger partial charge in [-0.1, -0.05) is 6.92 Å². The molecule has 0 aliphatic carbocycles. The fraction of sp³-hybridized carbons (Fsp3) is 0.333. The van der Waals surface area contributed by atoms with E-state index in [0.29, 0.717) is 12.2 Å². The van der Waals surface area contributed by atoms with Crippen LogP contribution in [-0.2, 0) is 4.79 Å². The third-order valence-corrected chi connectivity index (χ3v) is 2.31. The molecule has 1 amide bonds.